The van der Waals surface area contributed by atoms with Crippen molar-refractivity contribution in [1.29, 1.82) is 0 Å². The summed E-state index contributed by atoms with van der Waals surface area (Å²) in [4.78, 5) is 16.2. The van der Waals surface area contributed by atoms with Crippen LogP contribution in [0.2, 0.25) is 0 Å². The van der Waals surface area contributed by atoms with E-state index in [0.717, 1.165) is 19.3 Å². The number of nitrogen functional groups attached to an aromatic ring is 1. The molecule has 0 saturated carbocycles. The van der Waals surface area contributed by atoms with E-state index in [4.69, 9.17) is 10.8 Å². The number of amides is 1. The number of hydrogen-bond acceptors (Lipinski definition) is 6. The van der Waals surface area contributed by atoms with Crippen molar-refractivity contribution in [2.45, 2.75) is 19.3 Å². The molecule has 0 spiro atoms. The molecule has 1 aromatic heterocycles. The average molecular weight is 258 g/mol. The number of hydrogen-bond donors (Lipinski definition) is 4. The number of aliphatic hydroxyl groups excluding tert-OH is 1. The topological polar surface area (TPSA) is 100 Å². The van der Waals surface area contributed by atoms with Crippen molar-refractivity contribution in [1.82, 2.24) is 10.3 Å². The van der Waals surface area contributed by atoms with Crippen molar-refractivity contribution in [3.8, 4) is 0 Å². The van der Waals surface area contributed by atoms with Gasteiger partial charge in [-0.15, -0.1) is 0 Å². The van der Waals surface area contributed by atoms with Crippen molar-refractivity contribution in [2.24, 2.45) is 0 Å². The van der Waals surface area contributed by atoms with Crippen LogP contribution in [0.5, 0.6) is 0 Å². The van der Waals surface area contributed by atoms with Crippen LogP contribution in [0.25, 0.3) is 0 Å². The van der Waals surface area contributed by atoms with E-state index in [1.54, 1.807) is 7.05 Å². The highest BCUT2D eigenvalue weighted by Crippen LogP contribution is 2.24. The average Bonchev–Trinajstić information content (AvgIpc) is 2.70. The minimum Gasteiger partial charge on any atom is -0.396 e. The summed E-state index contributed by atoms with van der Waals surface area (Å²) in [5, 5.41) is 14.9. The first-order valence-corrected chi connectivity index (χ1v) is 6.33. The van der Waals surface area contributed by atoms with Gasteiger partial charge in [0.05, 0.1) is 0 Å². The number of anilines is 2. The minimum atomic E-state index is -0.189. The highest BCUT2D eigenvalue weighted by atomic mass is 32.1. The van der Waals surface area contributed by atoms with Crippen molar-refractivity contribution in [3.05, 3.63) is 4.88 Å². The van der Waals surface area contributed by atoms with Crippen LogP contribution >= 0.6 is 11.3 Å². The fraction of sp³-hybridized carbons (Fsp3) is 0.600. The Morgan fingerprint density at radius 1 is 1.47 bits per heavy atom. The Labute approximate surface area is 104 Å². The third kappa shape index (κ3) is 4.20. The van der Waals surface area contributed by atoms with Crippen LogP contribution < -0.4 is 16.4 Å². The number of nitrogens with two attached hydrogens (primary N) is 1. The number of nitrogens with one attached hydrogen (secondary N) is 2. The van der Waals surface area contributed by atoms with Gasteiger partial charge < -0.3 is 21.5 Å². The summed E-state index contributed by atoms with van der Waals surface area (Å²) in [5.41, 5.74) is 5.64. The van der Waals surface area contributed by atoms with Crippen molar-refractivity contribution >= 4 is 28.2 Å². The molecule has 0 unspecified atom stereocenters. The molecule has 5 N–H and O–H groups in total. The van der Waals surface area contributed by atoms with Gasteiger partial charge in [0.2, 0.25) is 0 Å². The molecule has 0 bridgehead atoms. The molecule has 0 radical (unpaired) electrons. The fourth-order valence-corrected chi connectivity index (χ4v) is 2.05. The molecule has 7 heteroatoms. The number of unbranched alkanes of at least 4 members (excludes halogenated alkanes) is 2. The van der Waals surface area contributed by atoms with E-state index in [0.29, 0.717) is 16.6 Å². The number of aromatic nitrogens is 1. The molecule has 0 aliphatic carbocycles. The van der Waals surface area contributed by atoms with Crippen molar-refractivity contribution < 1.29 is 9.90 Å². The summed E-state index contributed by atoms with van der Waals surface area (Å²) in [6.07, 6.45) is 2.52. The molecule has 0 saturated heterocycles. The van der Waals surface area contributed by atoms with Crippen molar-refractivity contribution in [2.75, 3.05) is 31.2 Å². The van der Waals surface area contributed by atoms with Gasteiger partial charge in [-0.25, -0.2) is 4.98 Å². The number of carbonyl (C=O) groups excluding carboxylic acids is 1. The van der Waals surface area contributed by atoms with Gasteiger partial charge in [-0.1, -0.05) is 11.3 Å². The molecular weight excluding hydrogens is 240 g/mol. The molecule has 1 aromatic rings. The van der Waals surface area contributed by atoms with Gasteiger partial charge in [-0.2, -0.15) is 0 Å². The lowest BCUT2D eigenvalue weighted by Crippen LogP contribution is -2.24. The predicted molar refractivity (Wildman–Crippen MR) is 69.3 cm³/mol. The molecular formula is C10H18N4O2S. The third-order valence-corrected chi connectivity index (χ3v) is 3.28. The smallest absolute Gasteiger partial charge is 0.265 e. The summed E-state index contributed by atoms with van der Waals surface area (Å²) in [6, 6.07) is 0. The summed E-state index contributed by atoms with van der Waals surface area (Å²) in [5.74, 6) is 0.0673. The van der Waals surface area contributed by atoms with E-state index < -0.39 is 0 Å². The van der Waals surface area contributed by atoms with Gasteiger partial charge in [0.25, 0.3) is 5.91 Å². The maximum atomic E-state index is 11.7. The summed E-state index contributed by atoms with van der Waals surface area (Å²) in [6.45, 7) is 0.784. The SMILES string of the molecule is CNc1nc(N)c(C(=O)NCCCCCO)s1. The first kappa shape index (κ1) is 13.7. The van der Waals surface area contributed by atoms with E-state index in [-0.39, 0.29) is 18.3 Å². The first-order valence-electron chi connectivity index (χ1n) is 5.52. The zero-order valence-electron chi connectivity index (χ0n) is 9.82. The molecule has 0 aliphatic heterocycles. The van der Waals surface area contributed by atoms with Crippen LogP contribution in [0.1, 0.15) is 28.9 Å². The Morgan fingerprint density at radius 2 is 2.24 bits per heavy atom. The molecule has 1 heterocycles. The lowest BCUT2D eigenvalue weighted by atomic mass is 10.2. The molecule has 0 atom stereocenters. The predicted octanol–water partition coefficient (Wildman–Crippen LogP) is 0.659. The van der Waals surface area contributed by atoms with E-state index in [1.165, 1.54) is 11.3 Å². The Hall–Kier alpha value is -1.34. The van der Waals surface area contributed by atoms with Gasteiger partial charge in [0.1, 0.15) is 10.7 Å². The third-order valence-electron chi connectivity index (χ3n) is 2.19. The molecule has 17 heavy (non-hydrogen) atoms. The van der Waals surface area contributed by atoms with Gasteiger partial charge in [-0.05, 0) is 19.3 Å². The molecule has 1 rings (SSSR count). The lowest BCUT2D eigenvalue weighted by Gasteiger charge is -2.02. The van der Waals surface area contributed by atoms with Gasteiger partial charge in [-0.3, -0.25) is 4.79 Å². The second kappa shape index (κ2) is 7.08. The first-order chi connectivity index (χ1) is 8.19. The van der Waals surface area contributed by atoms with E-state index in [1.807, 2.05) is 0 Å². The monoisotopic (exact) mass is 258 g/mol. The number of thiazole rings is 1. The summed E-state index contributed by atoms with van der Waals surface area (Å²) >= 11 is 1.24. The largest absolute Gasteiger partial charge is 0.396 e. The quantitative estimate of drug-likeness (QED) is 0.538. The number of aliphatic hydroxyl groups is 1. The summed E-state index contributed by atoms with van der Waals surface area (Å²) in [7, 11) is 1.73. The molecule has 0 fully saturated rings. The standard InChI is InChI=1S/C10H18N4O2S/c1-12-10-14-8(11)7(17-10)9(16)13-5-3-2-4-6-15/h15H,2-6,11H2,1H3,(H,12,14)(H,13,16). The molecule has 96 valence electrons. The molecule has 0 aromatic carbocycles. The highest BCUT2D eigenvalue weighted by Gasteiger charge is 2.14. The highest BCUT2D eigenvalue weighted by molar-refractivity contribution is 7.18. The zero-order chi connectivity index (χ0) is 12.7. The van der Waals surface area contributed by atoms with Gasteiger partial charge in [0, 0.05) is 20.2 Å². The van der Waals surface area contributed by atoms with Crippen LogP contribution in [-0.4, -0.2) is 36.2 Å². The normalized spacial score (nSPS) is 10.2. The zero-order valence-corrected chi connectivity index (χ0v) is 10.6. The van der Waals surface area contributed by atoms with E-state index in [9.17, 15) is 4.79 Å². The Bertz CT molecular complexity index is 367. The second-order valence-corrected chi connectivity index (χ2v) is 4.52. The number of rotatable bonds is 7. The van der Waals surface area contributed by atoms with Crippen LogP contribution in [-0.2, 0) is 0 Å². The van der Waals surface area contributed by atoms with Crippen molar-refractivity contribution in [3.63, 3.8) is 0 Å². The van der Waals surface area contributed by atoms with E-state index >= 15 is 0 Å². The molecule has 1 amide bonds. The maximum Gasteiger partial charge on any atom is 0.265 e. The number of nitrogens with zero attached hydrogens (tertiary/aromatic N) is 1. The van der Waals surface area contributed by atoms with Crippen LogP contribution in [0.4, 0.5) is 10.9 Å². The lowest BCUT2D eigenvalue weighted by molar-refractivity contribution is 0.0957. The Morgan fingerprint density at radius 3 is 2.82 bits per heavy atom. The van der Waals surface area contributed by atoms with Crippen LogP contribution in [0.3, 0.4) is 0 Å². The Balaban J connectivity index is 2.38. The second-order valence-electron chi connectivity index (χ2n) is 3.52. The minimum absolute atomic E-state index is 0.189. The number of carbonyl (C=O) groups is 1. The van der Waals surface area contributed by atoms with Crippen LogP contribution in [0.15, 0.2) is 0 Å². The van der Waals surface area contributed by atoms with Gasteiger partial charge >= 0.3 is 0 Å². The van der Waals surface area contributed by atoms with E-state index in [2.05, 4.69) is 15.6 Å². The maximum absolute atomic E-state index is 11.7. The fourth-order valence-electron chi connectivity index (χ4n) is 1.30. The molecule has 6 nitrogen and oxygen atoms in total. The Kier molecular flexibility index (Phi) is 5.71. The summed E-state index contributed by atoms with van der Waals surface area (Å²) < 4.78 is 0. The van der Waals surface area contributed by atoms with Gasteiger partial charge in [0.15, 0.2) is 5.13 Å². The molecule has 0 aliphatic rings. The van der Waals surface area contributed by atoms with Crippen LogP contribution in [0, 0.1) is 0 Å².